The molecule has 1 aromatic rings. The molecule has 1 aromatic carbocycles. The van der Waals surface area contributed by atoms with Gasteiger partial charge in [0.1, 0.15) is 0 Å². The van der Waals surface area contributed by atoms with Gasteiger partial charge >= 0.3 is 0 Å². The molecular formula is C15H22N2O. The van der Waals surface area contributed by atoms with Crippen LogP contribution in [-0.4, -0.2) is 30.4 Å². The summed E-state index contributed by atoms with van der Waals surface area (Å²) in [6, 6.07) is 8.12. The van der Waals surface area contributed by atoms with Crippen molar-refractivity contribution in [3.05, 3.63) is 29.8 Å². The zero-order chi connectivity index (χ0) is 13.0. The molecule has 1 aliphatic rings. The van der Waals surface area contributed by atoms with Crippen molar-refractivity contribution in [3.63, 3.8) is 0 Å². The molecule has 2 rings (SSSR count). The highest BCUT2D eigenvalue weighted by molar-refractivity contribution is 5.81. The van der Waals surface area contributed by atoms with Gasteiger partial charge in [0.2, 0.25) is 5.91 Å². The van der Waals surface area contributed by atoms with Gasteiger partial charge in [0.25, 0.3) is 0 Å². The Morgan fingerprint density at radius 3 is 2.78 bits per heavy atom. The quantitative estimate of drug-likeness (QED) is 0.889. The van der Waals surface area contributed by atoms with Crippen LogP contribution in [0.15, 0.2) is 24.3 Å². The molecule has 1 N–H and O–H groups in total. The summed E-state index contributed by atoms with van der Waals surface area (Å²) >= 11 is 0. The summed E-state index contributed by atoms with van der Waals surface area (Å²) in [5.41, 5.74) is 2.23. The van der Waals surface area contributed by atoms with E-state index in [2.05, 4.69) is 31.3 Å². The Morgan fingerprint density at radius 2 is 2.11 bits per heavy atom. The molecule has 1 fully saturated rings. The number of nitrogens with zero attached hydrogens (tertiary/aromatic N) is 1. The normalized spacial score (nSPS) is 16.7. The molecule has 1 amide bonds. The minimum Gasteiger partial charge on any atom is -0.376 e. The van der Waals surface area contributed by atoms with Crippen LogP contribution in [0.25, 0.3) is 0 Å². The largest absolute Gasteiger partial charge is 0.376 e. The van der Waals surface area contributed by atoms with E-state index in [1.165, 1.54) is 5.56 Å². The second kappa shape index (κ2) is 5.89. The van der Waals surface area contributed by atoms with Crippen molar-refractivity contribution in [2.75, 3.05) is 25.0 Å². The van der Waals surface area contributed by atoms with Crippen LogP contribution < -0.4 is 5.32 Å². The smallest absolute Gasteiger partial charge is 0.241 e. The number of hydrogen-bond donors (Lipinski definition) is 1. The van der Waals surface area contributed by atoms with E-state index in [0.29, 0.717) is 6.54 Å². The molecule has 1 aliphatic heterocycles. The molecule has 0 aliphatic carbocycles. The molecule has 98 valence electrons. The lowest BCUT2D eigenvalue weighted by atomic mass is 9.99. The first-order chi connectivity index (χ1) is 8.65. The van der Waals surface area contributed by atoms with Crippen LogP contribution in [0.4, 0.5) is 5.69 Å². The number of benzene rings is 1. The van der Waals surface area contributed by atoms with Crippen molar-refractivity contribution in [2.24, 2.45) is 5.92 Å². The molecule has 0 bridgehead atoms. The van der Waals surface area contributed by atoms with E-state index in [1.54, 1.807) is 0 Å². The third-order valence-corrected chi connectivity index (χ3v) is 3.60. The van der Waals surface area contributed by atoms with E-state index < -0.39 is 0 Å². The molecule has 0 radical (unpaired) electrons. The minimum atomic E-state index is 0.211. The highest BCUT2D eigenvalue weighted by Gasteiger charge is 2.19. The number of carbonyl (C=O) groups is 1. The number of nitrogens with one attached hydrogen (secondary N) is 1. The Kier molecular flexibility index (Phi) is 4.24. The summed E-state index contributed by atoms with van der Waals surface area (Å²) in [6.07, 6.45) is 2.27. The Hall–Kier alpha value is -1.51. The number of rotatable bonds is 3. The lowest BCUT2D eigenvalue weighted by Crippen LogP contribution is -2.40. The number of piperidine rings is 1. The molecule has 0 saturated carbocycles. The summed E-state index contributed by atoms with van der Waals surface area (Å²) < 4.78 is 0. The topological polar surface area (TPSA) is 32.3 Å². The second-order valence-corrected chi connectivity index (χ2v) is 5.29. The van der Waals surface area contributed by atoms with E-state index >= 15 is 0 Å². The first-order valence-corrected chi connectivity index (χ1v) is 6.73. The van der Waals surface area contributed by atoms with Crippen molar-refractivity contribution < 1.29 is 4.79 Å². The van der Waals surface area contributed by atoms with Crippen molar-refractivity contribution >= 4 is 11.6 Å². The van der Waals surface area contributed by atoms with Gasteiger partial charge in [0, 0.05) is 18.8 Å². The predicted octanol–water partition coefficient (Wildman–Crippen LogP) is 2.67. The Bertz CT molecular complexity index is 409. The summed E-state index contributed by atoms with van der Waals surface area (Å²) in [4.78, 5) is 14.0. The van der Waals surface area contributed by atoms with E-state index in [-0.39, 0.29) is 5.91 Å². The van der Waals surface area contributed by atoms with Gasteiger partial charge in [-0.05, 0) is 43.4 Å². The highest BCUT2D eigenvalue weighted by Crippen LogP contribution is 2.16. The number of amides is 1. The van der Waals surface area contributed by atoms with Gasteiger partial charge in [-0.1, -0.05) is 19.1 Å². The van der Waals surface area contributed by atoms with Crippen LogP contribution in [-0.2, 0) is 4.79 Å². The fraction of sp³-hybridized carbons (Fsp3) is 0.533. The van der Waals surface area contributed by atoms with Gasteiger partial charge in [-0.2, -0.15) is 0 Å². The molecule has 3 heteroatoms. The van der Waals surface area contributed by atoms with E-state index in [0.717, 1.165) is 37.5 Å². The Labute approximate surface area is 109 Å². The van der Waals surface area contributed by atoms with Gasteiger partial charge < -0.3 is 10.2 Å². The predicted molar refractivity (Wildman–Crippen MR) is 74.6 cm³/mol. The minimum absolute atomic E-state index is 0.211. The third-order valence-electron chi connectivity index (χ3n) is 3.60. The average molecular weight is 246 g/mol. The number of anilines is 1. The molecular weight excluding hydrogens is 224 g/mol. The maximum absolute atomic E-state index is 12.0. The maximum Gasteiger partial charge on any atom is 0.241 e. The van der Waals surface area contributed by atoms with Crippen LogP contribution in [0.2, 0.25) is 0 Å². The number of likely N-dealkylation sites (tertiary alicyclic amines) is 1. The molecule has 0 unspecified atom stereocenters. The van der Waals surface area contributed by atoms with Gasteiger partial charge in [-0.3, -0.25) is 4.79 Å². The Balaban J connectivity index is 1.81. The summed E-state index contributed by atoms with van der Waals surface area (Å²) in [7, 11) is 0. The number of carbonyl (C=O) groups excluding carboxylic acids is 1. The molecule has 1 saturated heterocycles. The van der Waals surface area contributed by atoms with Crippen molar-refractivity contribution in [1.82, 2.24) is 4.90 Å². The fourth-order valence-corrected chi connectivity index (χ4v) is 2.30. The summed E-state index contributed by atoms with van der Waals surface area (Å²) in [5, 5.41) is 3.20. The standard InChI is InChI=1S/C15H22N2O/c1-12-6-8-17(9-7-12)15(18)11-16-14-5-3-4-13(2)10-14/h3-5,10,12,16H,6-9,11H2,1-2H3. The van der Waals surface area contributed by atoms with E-state index in [4.69, 9.17) is 0 Å². The average Bonchev–Trinajstić information content (AvgIpc) is 2.37. The summed E-state index contributed by atoms with van der Waals surface area (Å²) in [6.45, 7) is 6.54. The van der Waals surface area contributed by atoms with Crippen molar-refractivity contribution in [1.29, 1.82) is 0 Å². The van der Waals surface area contributed by atoms with Gasteiger partial charge in [0.15, 0.2) is 0 Å². The fourth-order valence-electron chi connectivity index (χ4n) is 2.30. The lowest BCUT2D eigenvalue weighted by Gasteiger charge is -2.30. The molecule has 3 nitrogen and oxygen atoms in total. The molecule has 18 heavy (non-hydrogen) atoms. The number of aryl methyl sites for hydroxylation is 1. The molecule has 0 spiro atoms. The highest BCUT2D eigenvalue weighted by atomic mass is 16.2. The van der Waals surface area contributed by atoms with Crippen molar-refractivity contribution in [2.45, 2.75) is 26.7 Å². The molecule has 1 heterocycles. The monoisotopic (exact) mass is 246 g/mol. The summed E-state index contributed by atoms with van der Waals surface area (Å²) in [5.74, 6) is 0.974. The third kappa shape index (κ3) is 3.49. The van der Waals surface area contributed by atoms with E-state index in [1.807, 2.05) is 17.0 Å². The van der Waals surface area contributed by atoms with Crippen LogP contribution in [0.1, 0.15) is 25.3 Å². The van der Waals surface area contributed by atoms with E-state index in [9.17, 15) is 4.79 Å². The van der Waals surface area contributed by atoms with Gasteiger partial charge in [-0.25, -0.2) is 0 Å². The zero-order valence-electron chi connectivity index (χ0n) is 11.3. The molecule has 0 aromatic heterocycles. The zero-order valence-corrected chi connectivity index (χ0v) is 11.3. The number of hydrogen-bond acceptors (Lipinski definition) is 2. The van der Waals surface area contributed by atoms with Crippen molar-refractivity contribution in [3.8, 4) is 0 Å². The maximum atomic E-state index is 12.0. The van der Waals surface area contributed by atoms with Gasteiger partial charge in [0.05, 0.1) is 6.54 Å². The first-order valence-electron chi connectivity index (χ1n) is 6.73. The van der Waals surface area contributed by atoms with Crippen LogP contribution in [0.3, 0.4) is 0 Å². The Morgan fingerprint density at radius 1 is 1.39 bits per heavy atom. The van der Waals surface area contributed by atoms with Crippen LogP contribution in [0, 0.1) is 12.8 Å². The SMILES string of the molecule is Cc1cccc(NCC(=O)N2CCC(C)CC2)c1. The molecule has 0 atom stereocenters. The first kappa shape index (κ1) is 12.9. The van der Waals surface area contributed by atoms with Gasteiger partial charge in [-0.15, -0.1) is 0 Å². The van der Waals surface area contributed by atoms with Crippen LogP contribution >= 0.6 is 0 Å². The van der Waals surface area contributed by atoms with Crippen LogP contribution in [0.5, 0.6) is 0 Å². The lowest BCUT2D eigenvalue weighted by molar-refractivity contribution is -0.130. The second-order valence-electron chi connectivity index (χ2n) is 5.29.